The average molecular weight is 226 g/mol. The van der Waals surface area contributed by atoms with E-state index in [0.29, 0.717) is 5.56 Å². The highest BCUT2D eigenvalue weighted by Crippen LogP contribution is 2.05. The van der Waals surface area contributed by atoms with Crippen molar-refractivity contribution in [2.45, 2.75) is 12.7 Å². The number of nitrogens with zero attached hydrogens (tertiary/aromatic N) is 2. The molecule has 1 aromatic rings. The molecule has 0 aromatic carbocycles. The Balaban J connectivity index is 2.61. The number of hydrogen-bond acceptors (Lipinski definition) is 5. The highest BCUT2D eigenvalue weighted by molar-refractivity contribution is 6.08. The fourth-order valence-electron chi connectivity index (χ4n) is 1.27. The van der Waals surface area contributed by atoms with Gasteiger partial charge in [-0.3, -0.25) is 14.3 Å². The van der Waals surface area contributed by atoms with Crippen molar-refractivity contribution < 1.29 is 19.1 Å². The van der Waals surface area contributed by atoms with Crippen LogP contribution in [0.2, 0.25) is 0 Å². The second-order valence-corrected chi connectivity index (χ2v) is 3.27. The third-order valence-corrected chi connectivity index (χ3v) is 2.05. The molecule has 0 atom stereocenters. The van der Waals surface area contributed by atoms with Gasteiger partial charge in [0.1, 0.15) is 0 Å². The first kappa shape index (κ1) is 12.5. The number of methoxy groups -OCH3 is 2. The Morgan fingerprint density at radius 3 is 2.50 bits per heavy atom. The summed E-state index contributed by atoms with van der Waals surface area (Å²) in [5, 5.41) is 3.85. The number of rotatable bonds is 6. The van der Waals surface area contributed by atoms with Gasteiger partial charge in [0.05, 0.1) is 18.2 Å². The molecule has 0 radical (unpaired) electrons. The Morgan fingerprint density at radius 1 is 1.44 bits per heavy atom. The van der Waals surface area contributed by atoms with Crippen LogP contribution in [0.25, 0.3) is 0 Å². The molecule has 6 nitrogen and oxygen atoms in total. The highest BCUT2D eigenvalue weighted by atomic mass is 16.7. The van der Waals surface area contributed by atoms with E-state index in [1.165, 1.54) is 25.1 Å². The van der Waals surface area contributed by atoms with E-state index < -0.39 is 12.1 Å². The molecule has 0 aliphatic carbocycles. The molecule has 0 fully saturated rings. The Bertz CT molecular complexity index is 382. The number of hydrogen-bond donors (Lipinski definition) is 0. The number of ether oxygens (including phenoxy) is 2. The predicted molar refractivity (Wildman–Crippen MR) is 55.0 cm³/mol. The molecule has 0 saturated carbocycles. The number of carbonyl (C=O) groups is 2. The van der Waals surface area contributed by atoms with E-state index in [2.05, 4.69) is 5.10 Å². The van der Waals surface area contributed by atoms with Crippen molar-refractivity contribution in [3.05, 3.63) is 18.0 Å². The van der Waals surface area contributed by atoms with Gasteiger partial charge in [-0.05, 0) is 0 Å². The maximum absolute atomic E-state index is 11.6. The lowest BCUT2D eigenvalue weighted by molar-refractivity contribution is -0.155. The normalized spacial score (nSPS) is 10.8. The van der Waals surface area contributed by atoms with Crippen LogP contribution in [0.1, 0.15) is 16.8 Å². The molecule has 0 saturated heterocycles. The predicted octanol–water partition coefficient (Wildman–Crippen LogP) is 0.181. The Kier molecular flexibility index (Phi) is 4.33. The minimum absolute atomic E-state index is 0.252. The smallest absolute Gasteiger partial charge is 0.217 e. The van der Waals surface area contributed by atoms with E-state index in [1.54, 1.807) is 13.2 Å². The van der Waals surface area contributed by atoms with E-state index >= 15 is 0 Å². The van der Waals surface area contributed by atoms with Gasteiger partial charge in [-0.15, -0.1) is 0 Å². The quantitative estimate of drug-likeness (QED) is 0.393. The van der Waals surface area contributed by atoms with Crippen molar-refractivity contribution >= 4 is 11.6 Å². The summed E-state index contributed by atoms with van der Waals surface area (Å²) < 4.78 is 11.0. The zero-order chi connectivity index (χ0) is 12.1. The molecule has 1 heterocycles. The van der Waals surface area contributed by atoms with Gasteiger partial charge in [-0.2, -0.15) is 5.10 Å². The highest BCUT2D eigenvalue weighted by Gasteiger charge is 2.21. The number of aryl methyl sites for hydroxylation is 1. The molecule has 6 heteroatoms. The lowest BCUT2D eigenvalue weighted by Crippen LogP contribution is -2.26. The third-order valence-electron chi connectivity index (χ3n) is 2.05. The topological polar surface area (TPSA) is 70.4 Å². The fraction of sp³-hybridized carbons (Fsp3) is 0.500. The molecule has 0 N–H and O–H groups in total. The molecule has 0 aliphatic rings. The molecule has 0 unspecified atom stereocenters. The zero-order valence-electron chi connectivity index (χ0n) is 9.47. The van der Waals surface area contributed by atoms with Crippen LogP contribution in [0.5, 0.6) is 0 Å². The van der Waals surface area contributed by atoms with E-state index in [9.17, 15) is 9.59 Å². The summed E-state index contributed by atoms with van der Waals surface area (Å²) in [6, 6.07) is 0. The molecule has 1 rings (SSSR count). The maximum atomic E-state index is 11.6. The summed E-state index contributed by atoms with van der Waals surface area (Å²) in [6.45, 7) is 0. The van der Waals surface area contributed by atoms with Crippen molar-refractivity contribution in [1.82, 2.24) is 9.78 Å². The summed E-state index contributed by atoms with van der Waals surface area (Å²) >= 11 is 0. The molecule has 16 heavy (non-hydrogen) atoms. The summed E-state index contributed by atoms with van der Waals surface area (Å²) in [6.07, 6.45) is 1.74. The minimum Gasteiger partial charge on any atom is -0.349 e. The monoisotopic (exact) mass is 226 g/mol. The summed E-state index contributed by atoms with van der Waals surface area (Å²) in [5.74, 6) is -0.698. The van der Waals surface area contributed by atoms with Crippen molar-refractivity contribution in [2.75, 3.05) is 14.2 Å². The number of carbonyl (C=O) groups excluding carboxylic acids is 2. The lowest BCUT2D eigenvalue weighted by Gasteiger charge is -2.10. The van der Waals surface area contributed by atoms with Gasteiger partial charge in [0.15, 0.2) is 11.6 Å². The SMILES string of the molecule is COC(OC)C(=O)CC(=O)c1cnn(C)c1. The van der Waals surface area contributed by atoms with Crippen LogP contribution in [0.4, 0.5) is 0 Å². The van der Waals surface area contributed by atoms with E-state index in [4.69, 9.17) is 9.47 Å². The second-order valence-electron chi connectivity index (χ2n) is 3.27. The van der Waals surface area contributed by atoms with Gasteiger partial charge in [0.2, 0.25) is 6.29 Å². The number of Topliss-reactive ketones (excluding diaryl/α,β-unsaturated/α-hetero) is 2. The maximum Gasteiger partial charge on any atom is 0.217 e. The molecular weight excluding hydrogens is 212 g/mol. The van der Waals surface area contributed by atoms with Crippen molar-refractivity contribution in [1.29, 1.82) is 0 Å². The van der Waals surface area contributed by atoms with Gasteiger partial charge in [0.25, 0.3) is 0 Å². The third kappa shape index (κ3) is 2.98. The second kappa shape index (κ2) is 5.53. The Morgan fingerprint density at radius 2 is 2.06 bits per heavy atom. The lowest BCUT2D eigenvalue weighted by atomic mass is 10.1. The Hall–Kier alpha value is -1.53. The van der Waals surface area contributed by atoms with Crippen molar-refractivity contribution in [2.24, 2.45) is 7.05 Å². The van der Waals surface area contributed by atoms with Crippen LogP contribution < -0.4 is 0 Å². The van der Waals surface area contributed by atoms with E-state index in [0.717, 1.165) is 0 Å². The standard InChI is InChI=1S/C10H14N2O4/c1-12-6-7(5-11-12)8(13)4-9(14)10(15-2)16-3/h5-6,10H,4H2,1-3H3. The van der Waals surface area contributed by atoms with Crippen LogP contribution in [-0.4, -0.2) is 41.9 Å². The molecular formula is C10H14N2O4. The molecule has 0 bridgehead atoms. The first-order chi connectivity index (χ1) is 7.58. The largest absolute Gasteiger partial charge is 0.349 e. The summed E-state index contributed by atoms with van der Waals surface area (Å²) in [7, 11) is 4.40. The first-order valence-corrected chi connectivity index (χ1v) is 4.68. The minimum atomic E-state index is -0.986. The van der Waals surface area contributed by atoms with Crippen LogP contribution >= 0.6 is 0 Å². The summed E-state index contributed by atoms with van der Waals surface area (Å²) in [4.78, 5) is 23.1. The molecule has 1 aromatic heterocycles. The molecule has 0 aliphatic heterocycles. The van der Waals surface area contributed by atoms with Crippen LogP contribution in [-0.2, 0) is 21.3 Å². The van der Waals surface area contributed by atoms with Gasteiger partial charge >= 0.3 is 0 Å². The van der Waals surface area contributed by atoms with E-state index in [-0.39, 0.29) is 12.2 Å². The van der Waals surface area contributed by atoms with Crippen LogP contribution in [0.15, 0.2) is 12.4 Å². The van der Waals surface area contributed by atoms with E-state index in [1.807, 2.05) is 0 Å². The Labute approximate surface area is 93.1 Å². The number of aromatic nitrogens is 2. The van der Waals surface area contributed by atoms with Gasteiger partial charge < -0.3 is 9.47 Å². The number of ketones is 2. The first-order valence-electron chi connectivity index (χ1n) is 4.68. The zero-order valence-corrected chi connectivity index (χ0v) is 9.47. The molecule has 0 amide bonds. The van der Waals surface area contributed by atoms with Crippen molar-refractivity contribution in [3.63, 3.8) is 0 Å². The van der Waals surface area contributed by atoms with Gasteiger partial charge in [0, 0.05) is 27.5 Å². The van der Waals surface area contributed by atoms with Gasteiger partial charge in [-0.25, -0.2) is 0 Å². The molecule has 0 spiro atoms. The summed E-state index contributed by atoms with van der Waals surface area (Å²) in [5.41, 5.74) is 0.404. The fourth-order valence-corrected chi connectivity index (χ4v) is 1.27. The van der Waals surface area contributed by atoms with Crippen LogP contribution in [0.3, 0.4) is 0 Å². The average Bonchev–Trinajstić information content (AvgIpc) is 2.66. The van der Waals surface area contributed by atoms with Crippen LogP contribution in [0, 0.1) is 0 Å². The van der Waals surface area contributed by atoms with Crippen molar-refractivity contribution in [3.8, 4) is 0 Å². The molecule has 88 valence electrons. The van der Waals surface area contributed by atoms with Gasteiger partial charge in [-0.1, -0.05) is 0 Å².